The lowest BCUT2D eigenvalue weighted by Gasteiger charge is -2.04. The summed E-state index contributed by atoms with van der Waals surface area (Å²) in [6.45, 7) is 1.42. The molecule has 17 heavy (non-hydrogen) atoms. The van der Waals surface area contributed by atoms with Crippen molar-refractivity contribution in [1.29, 1.82) is 0 Å². The fourth-order valence-corrected chi connectivity index (χ4v) is 1.64. The number of benzene rings is 1. The molecule has 0 radical (unpaired) electrons. The van der Waals surface area contributed by atoms with Crippen LogP contribution in [0, 0.1) is 5.82 Å². The number of aromatic nitrogens is 3. The van der Waals surface area contributed by atoms with Crippen molar-refractivity contribution in [3.63, 3.8) is 0 Å². The van der Waals surface area contributed by atoms with Gasteiger partial charge in [0.15, 0.2) is 0 Å². The minimum absolute atomic E-state index is 0.152. The zero-order valence-electron chi connectivity index (χ0n) is 9.08. The Morgan fingerprint density at radius 1 is 1.41 bits per heavy atom. The van der Waals surface area contributed by atoms with Gasteiger partial charge < -0.3 is 5.32 Å². The summed E-state index contributed by atoms with van der Waals surface area (Å²) in [5.74, 6) is 0.451. The third kappa shape index (κ3) is 3.51. The van der Waals surface area contributed by atoms with Gasteiger partial charge in [-0.1, -0.05) is 17.7 Å². The van der Waals surface area contributed by atoms with Gasteiger partial charge in [0.2, 0.25) is 0 Å². The van der Waals surface area contributed by atoms with Crippen LogP contribution in [0.5, 0.6) is 0 Å². The Bertz CT molecular complexity index is 472. The van der Waals surface area contributed by atoms with Crippen molar-refractivity contribution in [1.82, 2.24) is 20.5 Å². The predicted octanol–water partition coefficient (Wildman–Crippen LogP) is 1.93. The highest BCUT2D eigenvalue weighted by atomic mass is 35.5. The third-order valence-corrected chi connectivity index (χ3v) is 2.61. The second kappa shape index (κ2) is 5.75. The molecule has 0 atom stereocenters. The maximum Gasteiger partial charge on any atom is 0.141 e. The molecular formula is C11H12ClFN4. The van der Waals surface area contributed by atoms with Gasteiger partial charge in [0.1, 0.15) is 18.0 Å². The lowest BCUT2D eigenvalue weighted by molar-refractivity contribution is 0.625. The van der Waals surface area contributed by atoms with Crippen molar-refractivity contribution < 1.29 is 4.39 Å². The second-order valence-corrected chi connectivity index (χ2v) is 4.01. The van der Waals surface area contributed by atoms with Crippen LogP contribution in [-0.2, 0) is 13.0 Å². The van der Waals surface area contributed by atoms with Crippen molar-refractivity contribution in [2.45, 2.75) is 13.0 Å². The summed E-state index contributed by atoms with van der Waals surface area (Å²) in [4.78, 5) is 4.01. The van der Waals surface area contributed by atoms with Gasteiger partial charge in [0, 0.05) is 19.5 Å². The molecule has 0 amide bonds. The maximum absolute atomic E-state index is 12.9. The molecule has 1 heterocycles. The first-order valence-corrected chi connectivity index (χ1v) is 5.62. The average molecular weight is 255 g/mol. The van der Waals surface area contributed by atoms with Crippen molar-refractivity contribution >= 4 is 11.6 Å². The van der Waals surface area contributed by atoms with Gasteiger partial charge in [-0.25, -0.2) is 9.37 Å². The van der Waals surface area contributed by atoms with Crippen LogP contribution in [0.15, 0.2) is 24.5 Å². The monoisotopic (exact) mass is 254 g/mol. The highest BCUT2D eigenvalue weighted by Crippen LogP contribution is 2.15. The van der Waals surface area contributed by atoms with Crippen LogP contribution in [0.1, 0.15) is 11.4 Å². The van der Waals surface area contributed by atoms with E-state index in [1.165, 1.54) is 12.4 Å². The smallest absolute Gasteiger partial charge is 0.141 e. The highest BCUT2D eigenvalue weighted by molar-refractivity contribution is 6.30. The Kier molecular flexibility index (Phi) is 4.06. The number of rotatable bonds is 5. The highest BCUT2D eigenvalue weighted by Gasteiger charge is 2.01. The molecule has 6 heteroatoms. The number of H-pyrrole nitrogens is 1. The minimum Gasteiger partial charge on any atom is -0.312 e. The van der Waals surface area contributed by atoms with E-state index in [2.05, 4.69) is 20.5 Å². The van der Waals surface area contributed by atoms with Crippen molar-refractivity contribution in [2.75, 3.05) is 6.54 Å². The summed E-state index contributed by atoms with van der Waals surface area (Å²) >= 11 is 5.68. The number of hydrogen-bond donors (Lipinski definition) is 2. The van der Waals surface area contributed by atoms with E-state index in [9.17, 15) is 4.39 Å². The fraction of sp³-hybridized carbons (Fsp3) is 0.273. The number of nitrogens with zero attached hydrogens (tertiary/aromatic N) is 2. The van der Waals surface area contributed by atoms with Crippen LogP contribution in [0.25, 0.3) is 0 Å². The van der Waals surface area contributed by atoms with E-state index in [0.29, 0.717) is 6.54 Å². The first-order chi connectivity index (χ1) is 8.25. The van der Waals surface area contributed by atoms with Gasteiger partial charge in [0.25, 0.3) is 0 Å². The summed E-state index contributed by atoms with van der Waals surface area (Å²) < 4.78 is 12.9. The van der Waals surface area contributed by atoms with Gasteiger partial charge >= 0.3 is 0 Å². The molecule has 0 aliphatic heterocycles. The quantitative estimate of drug-likeness (QED) is 0.802. The lowest BCUT2D eigenvalue weighted by atomic mass is 10.2. The van der Waals surface area contributed by atoms with Crippen LogP contribution in [0.4, 0.5) is 4.39 Å². The fourth-order valence-electron chi connectivity index (χ4n) is 1.44. The van der Waals surface area contributed by atoms with Gasteiger partial charge in [0.05, 0.1) is 5.02 Å². The van der Waals surface area contributed by atoms with E-state index in [0.717, 1.165) is 24.4 Å². The lowest BCUT2D eigenvalue weighted by Crippen LogP contribution is -2.17. The second-order valence-electron chi connectivity index (χ2n) is 3.61. The molecule has 0 spiro atoms. The number of halogens is 2. The summed E-state index contributed by atoms with van der Waals surface area (Å²) in [6, 6.07) is 4.71. The zero-order chi connectivity index (χ0) is 12.1. The molecule has 0 saturated carbocycles. The molecule has 2 aromatic rings. The number of nitrogens with one attached hydrogen (secondary N) is 2. The zero-order valence-corrected chi connectivity index (χ0v) is 9.84. The topological polar surface area (TPSA) is 53.6 Å². The molecule has 2 N–H and O–H groups in total. The molecule has 4 nitrogen and oxygen atoms in total. The van der Waals surface area contributed by atoms with Crippen LogP contribution in [0.2, 0.25) is 5.02 Å². The van der Waals surface area contributed by atoms with Crippen molar-refractivity contribution in [2.24, 2.45) is 0 Å². The Labute approximate surface area is 103 Å². The summed E-state index contributed by atoms with van der Waals surface area (Å²) in [5, 5.41) is 9.91. The first-order valence-electron chi connectivity index (χ1n) is 5.24. The number of aromatic amines is 1. The summed E-state index contributed by atoms with van der Waals surface area (Å²) in [7, 11) is 0. The van der Waals surface area contributed by atoms with Gasteiger partial charge in [-0.15, -0.1) is 0 Å². The van der Waals surface area contributed by atoms with E-state index in [-0.39, 0.29) is 5.02 Å². The van der Waals surface area contributed by atoms with Crippen molar-refractivity contribution in [3.05, 3.63) is 46.8 Å². The van der Waals surface area contributed by atoms with E-state index in [1.54, 1.807) is 12.1 Å². The average Bonchev–Trinajstić information content (AvgIpc) is 2.82. The molecule has 2 rings (SSSR count). The van der Waals surface area contributed by atoms with Gasteiger partial charge in [-0.3, -0.25) is 5.10 Å². The van der Waals surface area contributed by atoms with E-state index >= 15 is 0 Å². The predicted molar refractivity (Wildman–Crippen MR) is 63.2 cm³/mol. The summed E-state index contributed by atoms with van der Waals surface area (Å²) in [6.07, 6.45) is 2.25. The van der Waals surface area contributed by atoms with Gasteiger partial charge in [-0.2, -0.15) is 5.10 Å². The molecule has 90 valence electrons. The molecule has 0 aliphatic carbocycles. The largest absolute Gasteiger partial charge is 0.312 e. The van der Waals surface area contributed by atoms with Crippen LogP contribution < -0.4 is 5.32 Å². The minimum atomic E-state index is -0.392. The third-order valence-electron chi connectivity index (χ3n) is 2.32. The Morgan fingerprint density at radius 2 is 2.29 bits per heavy atom. The molecule has 0 bridgehead atoms. The Hall–Kier alpha value is -1.46. The molecule has 0 saturated heterocycles. The van der Waals surface area contributed by atoms with E-state index < -0.39 is 5.82 Å². The Morgan fingerprint density at radius 3 is 3.00 bits per heavy atom. The molecule has 1 aromatic heterocycles. The molecule has 0 fully saturated rings. The normalized spacial score (nSPS) is 10.7. The SMILES string of the molecule is Fc1ccc(CNCCc2ncn[nH]2)cc1Cl. The van der Waals surface area contributed by atoms with Crippen molar-refractivity contribution in [3.8, 4) is 0 Å². The van der Waals surface area contributed by atoms with Crippen LogP contribution in [0.3, 0.4) is 0 Å². The molecule has 1 aromatic carbocycles. The standard InChI is InChI=1S/C11H12ClFN4/c12-9-5-8(1-2-10(9)13)6-14-4-3-11-15-7-16-17-11/h1-2,5,7,14H,3-4,6H2,(H,15,16,17). The van der Waals surface area contributed by atoms with Crippen LogP contribution >= 0.6 is 11.6 Å². The number of hydrogen-bond acceptors (Lipinski definition) is 3. The van der Waals surface area contributed by atoms with Crippen LogP contribution in [-0.4, -0.2) is 21.7 Å². The van der Waals surface area contributed by atoms with Gasteiger partial charge in [-0.05, 0) is 17.7 Å². The summed E-state index contributed by atoms with van der Waals surface area (Å²) in [5.41, 5.74) is 0.953. The maximum atomic E-state index is 12.9. The molecular weight excluding hydrogens is 243 g/mol. The van der Waals surface area contributed by atoms with E-state index in [4.69, 9.17) is 11.6 Å². The van der Waals surface area contributed by atoms with E-state index in [1.807, 2.05) is 0 Å². The Balaban J connectivity index is 1.76. The molecule has 0 aliphatic rings. The first kappa shape index (κ1) is 12.0. The molecule has 0 unspecified atom stereocenters.